The Morgan fingerprint density at radius 2 is 1.89 bits per heavy atom. The molecule has 7 heteroatoms. The molecule has 0 fully saturated rings. The lowest BCUT2D eigenvalue weighted by Crippen LogP contribution is -2.30. The molecular formula is C11H13Cl2NO3S. The van der Waals surface area contributed by atoms with Crippen molar-refractivity contribution in [1.82, 2.24) is 5.32 Å². The van der Waals surface area contributed by atoms with E-state index in [-0.39, 0.29) is 27.4 Å². The van der Waals surface area contributed by atoms with E-state index in [1.807, 2.05) is 0 Å². The largest absolute Gasteiger partial charge is 0.350 e. The first-order valence-corrected chi connectivity index (χ1v) is 7.87. The number of hydrogen-bond acceptors (Lipinski definition) is 3. The first kappa shape index (κ1) is 15.3. The molecule has 0 heterocycles. The standard InChI is InChI=1S/C11H13Cl2NO3S/c1-6(2)14-11(15)8-4-7(3)10(12)9(5-8)18(13,16)17/h4-6H,1-3H3,(H,14,15). The highest BCUT2D eigenvalue weighted by molar-refractivity contribution is 8.13. The molecule has 0 aliphatic heterocycles. The topological polar surface area (TPSA) is 63.2 Å². The monoisotopic (exact) mass is 309 g/mol. The Hall–Kier alpha value is -0.780. The lowest BCUT2D eigenvalue weighted by atomic mass is 10.1. The molecule has 0 atom stereocenters. The quantitative estimate of drug-likeness (QED) is 0.873. The summed E-state index contributed by atoms with van der Waals surface area (Å²) < 4.78 is 22.7. The number of carbonyl (C=O) groups excluding carboxylic acids is 1. The van der Waals surface area contributed by atoms with Crippen LogP contribution in [0.3, 0.4) is 0 Å². The molecule has 1 N–H and O–H groups in total. The summed E-state index contributed by atoms with van der Waals surface area (Å²) in [7, 11) is 1.29. The van der Waals surface area contributed by atoms with Crippen LogP contribution in [-0.2, 0) is 9.05 Å². The lowest BCUT2D eigenvalue weighted by molar-refractivity contribution is 0.0943. The molecule has 0 saturated carbocycles. The predicted octanol–water partition coefficient (Wildman–Crippen LogP) is 2.71. The number of aryl methyl sites for hydroxylation is 1. The van der Waals surface area contributed by atoms with Crippen molar-refractivity contribution in [2.24, 2.45) is 0 Å². The highest BCUT2D eigenvalue weighted by atomic mass is 35.7. The normalized spacial score (nSPS) is 11.7. The zero-order valence-corrected chi connectivity index (χ0v) is 12.4. The Morgan fingerprint density at radius 1 is 1.33 bits per heavy atom. The zero-order chi connectivity index (χ0) is 14.1. The van der Waals surface area contributed by atoms with Crippen molar-refractivity contribution in [3.8, 4) is 0 Å². The van der Waals surface area contributed by atoms with Crippen LogP contribution in [0.5, 0.6) is 0 Å². The van der Waals surface area contributed by atoms with Crippen molar-refractivity contribution in [2.45, 2.75) is 31.7 Å². The van der Waals surface area contributed by atoms with Gasteiger partial charge >= 0.3 is 0 Å². The molecule has 0 bridgehead atoms. The number of carbonyl (C=O) groups is 1. The van der Waals surface area contributed by atoms with Crippen molar-refractivity contribution < 1.29 is 13.2 Å². The molecule has 1 aromatic carbocycles. The number of amides is 1. The third-order valence-electron chi connectivity index (χ3n) is 2.17. The van der Waals surface area contributed by atoms with E-state index in [1.54, 1.807) is 20.8 Å². The van der Waals surface area contributed by atoms with Gasteiger partial charge in [-0.25, -0.2) is 8.42 Å². The molecule has 4 nitrogen and oxygen atoms in total. The van der Waals surface area contributed by atoms with E-state index >= 15 is 0 Å². The van der Waals surface area contributed by atoms with Crippen LogP contribution in [0, 0.1) is 6.92 Å². The molecule has 1 amide bonds. The minimum absolute atomic E-state index is 0.0334. The van der Waals surface area contributed by atoms with Crippen LogP contribution < -0.4 is 5.32 Å². The summed E-state index contributed by atoms with van der Waals surface area (Å²) >= 11 is 5.86. The first-order valence-electron chi connectivity index (χ1n) is 5.18. The smallest absolute Gasteiger partial charge is 0.262 e. The van der Waals surface area contributed by atoms with E-state index in [0.717, 1.165) is 0 Å². The maximum absolute atomic E-state index is 11.8. The fourth-order valence-corrected chi connectivity index (χ4v) is 2.93. The first-order chi connectivity index (χ1) is 8.12. The van der Waals surface area contributed by atoms with Gasteiger partial charge in [0.25, 0.3) is 15.0 Å². The van der Waals surface area contributed by atoms with Gasteiger partial charge in [0.1, 0.15) is 4.90 Å². The number of halogens is 2. The molecule has 0 saturated heterocycles. The Kier molecular flexibility index (Phi) is 4.64. The van der Waals surface area contributed by atoms with E-state index < -0.39 is 9.05 Å². The number of rotatable bonds is 3. The fraction of sp³-hybridized carbons (Fsp3) is 0.364. The summed E-state index contributed by atoms with van der Waals surface area (Å²) in [6, 6.07) is 2.64. The van der Waals surface area contributed by atoms with E-state index in [0.29, 0.717) is 5.56 Å². The van der Waals surface area contributed by atoms with Gasteiger partial charge in [-0.15, -0.1) is 0 Å². The van der Waals surface area contributed by atoms with Gasteiger partial charge in [0.15, 0.2) is 0 Å². The van der Waals surface area contributed by atoms with E-state index in [1.165, 1.54) is 12.1 Å². The van der Waals surface area contributed by atoms with Gasteiger partial charge in [0.05, 0.1) is 5.02 Å². The fourth-order valence-electron chi connectivity index (χ4n) is 1.39. The van der Waals surface area contributed by atoms with Gasteiger partial charge in [-0.3, -0.25) is 4.79 Å². The molecule has 0 radical (unpaired) electrons. The van der Waals surface area contributed by atoms with Crippen LogP contribution in [0.2, 0.25) is 5.02 Å². The second kappa shape index (κ2) is 5.47. The van der Waals surface area contributed by atoms with Crippen LogP contribution in [-0.4, -0.2) is 20.4 Å². The van der Waals surface area contributed by atoms with Gasteiger partial charge in [-0.2, -0.15) is 0 Å². The van der Waals surface area contributed by atoms with Crippen LogP contribution in [0.4, 0.5) is 0 Å². The molecule has 100 valence electrons. The number of benzene rings is 1. The van der Waals surface area contributed by atoms with Crippen LogP contribution in [0.25, 0.3) is 0 Å². The maximum atomic E-state index is 11.8. The Balaban J connectivity index is 3.34. The SMILES string of the molecule is Cc1cc(C(=O)NC(C)C)cc(S(=O)(=O)Cl)c1Cl. The van der Waals surface area contributed by atoms with Crippen molar-refractivity contribution >= 4 is 37.2 Å². The lowest BCUT2D eigenvalue weighted by Gasteiger charge is -2.11. The highest BCUT2D eigenvalue weighted by Gasteiger charge is 2.20. The van der Waals surface area contributed by atoms with Crippen molar-refractivity contribution in [3.05, 3.63) is 28.3 Å². The number of hydrogen-bond donors (Lipinski definition) is 1. The molecule has 1 rings (SSSR count). The van der Waals surface area contributed by atoms with Crippen LogP contribution in [0.1, 0.15) is 29.8 Å². The summed E-state index contributed by atoms with van der Waals surface area (Å²) in [6.07, 6.45) is 0. The van der Waals surface area contributed by atoms with E-state index in [9.17, 15) is 13.2 Å². The van der Waals surface area contributed by atoms with Crippen LogP contribution in [0.15, 0.2) is 17.0 Å². The molecular weight excluding hydrogens is 297 g/mol. The molecule has 0 aliphatic rings. The average molecular weight is 310 g/mol. The van der Waals surface area contributed by atoms with Gasteiger partial charge in [0, 0.05) is 22.3 Å². The third kappa shape index (κ3) is 3.60. The summed E-state index contributed by atoms with van der Waals surface area (Å²) in [5.41, 5.74) is 0.692. The van der Waals surface area contributed by atoms with E-state index in [2.05, 4.69) is 5.32 Å². The van der Waals surface area contributed by atoms with E-state index in [4.69, 9.17) is 22.3 Å². The summed E-state index contributed by atoms with van der Waals surface area (Å²) in [6.45, 7) is 5.22. The maximum Gasteiger partial charge on any atom is 0.262 e. The van der Waals surface area contributed by atoms with Gasteiger partial charge in [-0.1, -0.05) is 11.6 Å². The van der Waals surface area contributed by atoms with Gasteiger partial charge in [-0.05, 0) is 38.5 Å². The van der Waals surface area contributed by atoms with Gasteiger partial charge < -0.3 is 5.32 Å². The average Bonchev–Trinajstić information content (AvgIpc) is 2.18. The molecule has 0 aliphatic carbocycles. The minimum atomic E-state index is -3.98. The van der Waals surface area contributed by atoms with Crippen molar-refractivity contribution in [3.63, 3.8) is 0 Å². The Morgan fingerprint density at radius 3 is 2.33 bits per heavy atom. The summed E-state index contributed by atoms with van der Waals surface area (Å²) in [4.78, 5) is 11.6. The summed E-state index contributed by atoms with van der Waals surface area (Å²) in [5.74, 6) is -0.369. The second-order valence-corrected chi connectivity index (χ2v) is 7.08. The molecule has 18 heavy (non-hydrogen) atoms. The highest BCUT2D eigenvalue weighted by Crippen LogP contribution is 2.29. The number of nitrogens with one attached hydrogen (secondary N) is 1. The zero-order valence-electron chi connectivity index (χ0n) is 10.1. The van der Waals surface area contributed by atoms with Crippen molar-refractivity contribution in [1.29, 1.82) is 0 Å². The molecule has 0 spiro atoms. The Bertz CT molecular complexity index is 582. The van der Waals surface area contributed by atoms with Crippen LogP contribution >= 0.6 is 22.3 Å². The van der Waals surface area contributed by atoms with Gasteiger partial charge in [0.2, 0.25) is 0 Å². The third-order valence-corrected chi connectivity index (χ3v) is 4.13. The molecule has 0 unspecified atom stereocenters. The predicted molar refractivity (Wildman–Crippen MR) is 71.8 cm³/mol. The Labute approximate surface area is 116 Å². The second-order valence-electron chi connectivity index (χ2n) is 4.17. The summed E-state index contributed by atoms with van der Waals surface area (Å²) in [5, 5.41) is 2.70. The van der Waals surface area contributed by atoms with Crippen molar-refractivity contribution in [2.75, 3.05) is 0 Å². The minimum Gasteiger partial charge on any atom is -0.350 e. The molecule has 0 aromatic heterocycles. The molecule has 1 aromatic rings.